The molecule has 1 unspecified atom stereocenters. The summed E-state index contributed by atoms with van der Waals surface area (Å²) in [5.74, 6) is 0.728. The summed E-state index contributed by atoms with van der Waals surface area (Å²) in [4.78, 5) is 25.3. The molecule has 1 fully saturated rings. The lowest BCUT2D eigenvalue weighted by molar-refractivity contribution is -0.136. The van der Waals surface area contributed by atoms with E-state index in [1.165, 1.54) is 6.92 Å². The van der Waals surface area contributed by atoms with Crippen LogP contribution in [0.4, 0.5) is 0 Å². The molecule has 104 valence electrons. The average Bonchev–Trinajstić information content (AvgIpc) is 3.09. The fourth-order valence-electron chi connectivity index (χ4n) is 1.97. The summed E-state index contributed by atoms with van der Waals surface area (Å²) in [5.41, 5.74) is 0. The Balaban J connectivity index is 2.05. The number of nitrogens with zero attached hydrogens (tertiary/aromatic N) is 1. The quantitative estimate of drug-likeness (QED) is 0.771. The molecule has 0 radical (unpaired) electrons. The third kappa shape index (κ3) is 3.76. The van der Waals surface area contributed by atoms with Crippen LogP contribution in [-0.4, -0.2) is 34.6 Å². The molecule has 1 aromatic rings. The van der Waals surface area contributed by atoms with Crippen LogP contribution < -0.4 is 5.32 Å². The highest BCUT2D eigenvalue weighted by Gasteiger charge is 2.36. The molecule has 19 heavy (non-hydrogen) atoms. The Morgan fingerprint density at radius 2 is 2.32 bits per heavy atom. The summed E-state index contributed by atoms with van der Waals surface area (Å²) in [5, 5.41) is 2.63. The van der Waals surface area contributed by atoms with Crippen molar-refractivity contribution in [3.8, 4) is 0 Å². The summed E-state index contributed by atoms with van der Waals surface area (Å²) < 4.78 is 5.29. The van der Waals surface area contributed by atoms with Crippen molar-refractivity contribution in [2.45, 2.75) is 38.4 Å². The van der Waals surface area contributed by atoms with Crippen LogP contribution in [0.2, 0.25) is 0 Å². The molecule has 6 heteroatoms. The Morgan fingerprint density at radius 3 is 2.79 bits per heavy atom. The molecule has 1 aliphatic carbocycles. The van der Waals surface area contributed by atoms with E-state index in [0.29, 0.717) is 12.3 Å². The van der Waals surface area contributed by atoms with Crippen molar-refractivity contribution in [2.75, 3.05) is 5.75 Å². The van der Waals surface area contributed by atoms with Gasteiger partial charge in [-0.15, -0.1) is 0 Å². The minimum atomic E-state index is -0.573. The lowest BCUT2D eigenvalue weighted by Gasteiger charge is -2.26. The van der Waals surface area contributed by atoms with Gasteiger partial charge in [-0.25, -0.2) is 0 Å². The number of carbonyl (C=O) groups is 2. The number of carbonyl (C=O) groups excluding carboxylic acids is 2. The minimum Gasteiger partial charge on any atom is -0.467 e. The maximum absolute atomic E-state index is 12.4. The van der Waals surface area contributed by atoms with Crippen LogP contribution in [0.5, 0.6) is 0 Å². The van der Waals surface area contributed by atoms with Gasteiger partial charge in [0, 0.05) is 18.7 Å². The fraction of sp³-hybridized carbons (Fsp3) is 0.538. The second kappa shape index (κ2) is 6.14. The van der Waals surface area contributed by atoms with Gasteiger partial charge in [0.25, 0.3) is 0 Å². The highest BCUT2D eigenvalue weighted by atomic mass is 32.1. The van der Waals surface area contributed by atoms with Gasteiger partial charge in [0.2, 0.25) is 11.8 Å². The molecule has 1 N–H and O–H groups in total. The number of amides is 2. The standard InChI is InChI=1S/C13H18N2O3S/c1-9(16)14-12(8-19)13(17)15(10-4-5-10)7-11-3-2-6-18-11/h2-3,6,10,12,19H,4-5,7-8H2,1H3,(H,14,16). The van der Waals surface area contributed by atoms with Crippen molar-refractivity contribution < 1.29 is 14.0 Å². The van der Waals surface area contributed by atoms with E-state index in [9.17, 15) is 9.59 Å². The van der Waals surface area contributed by atoms with Gasteiger partial charge in [0.1, 0.15) is 11.8 Å². The van der Waals surface area contributed by atoms with Crippen molar-refractivity contribution in [1.29, 1.82) is 0 Å². The second-order valence-electron chi connectivity index (χ2n) is 4.71. The molecular formula is C13H18N2O3S. The topological polar surface area (TPSA) is 62.6 Å². The van der Waals surface area contributed by atoms with Gasteiger partial charge in [-0.1, -0.05) is 0 Å². The van der Waals surface area contributed by atoms with Crippen LogP contribution >= 0.6 is 12.6 Å². The van der Waals surface area contributed by atoms with Crippen LogP contribution in [0.1, 0.15) is 25.5 Å². The molecule has 0 aromatic carbocycles. The molecule has 1 atom stereocenters. The molecule has 0 spiro atoms. The van der Waals surface area contributed by atoms with Gasteiger partial charge in [-0.2, -0.15) is 12.6 Å². The summed E-state index contributed by atoms with van der Waals surface area (Å²) in [6, 6.07) is 3.33. The normalized spacial score (nSPS) is 15.9. The summed E-state index contributed by atoms with van der Waals surface area (Å²) in [7, 11) is 0. The first-order valence-electron chi connectivity index (χ1n) is 6.32. The third-order valence-electron chi connectivity index (χ3n) is 3.04. The lowest BCUT2D eigenvalue weighted by atomic mass is 10.2. The average molecular weight is 282 g/mol. The molecule has 5 nitrogen and oxygen atoms in total. The molecule has 2 amide bonds. The van der Waals surface area contributed by atoms with Crippen molar-refractivity contribution in [2.24, 2.45) is 0 Å². The molecule has 1 aliphatic rings. The van der Waals surface area contributed by atoms with E-state index in [2.05, 4.69) is 17.9 Å². The predicted molar refractivity (Wildman–Crippen MR) is 73.7 cm³/mol. The highest BCUT2D eigenvalue weighted by molar-refractivity contribution is 7.80. The van der Waals surface area contributed by atoms with Crippen molar-refractivity contribution in [1.82, 2.24) is 10.2 Å². The number of thiol groups is 1. The van der Waals surface area contributed by atoms with Gasteiger partial charge in [-0.05, 0) is 25.0 Å². The Bertz CT molecular complexity index is 443. The highest BCUT2D eigenvalue weighted by Crippen LogP contribution is 2.29. The zero-order chi connectivity index (χ0) is 13.8. The van der Waals surface area contributed by atoms with Gasteiger partial charge >= 0.3 is 0 Å². The van der Waals surface area contributed by atoms with Gasteiger partial charge in [-0.3, -0.25) is 9.59 Å². The largest absolute Gasteiger partial charge is 0.467 e. The predicted octanol–water partition coefficient (Wildman–Crippen LogP) is 1.21. The molecular weight excluding hydrogens is 264 g/mol. The molecule has 1 heterocycles. The molecule has 2 rings (SSSR count). The van der Waals surface area contributed by atoms with E-state index in [1.807, 2.05) is 6.07 Å². The Kier molecular flexibility index (Phi) is 4.52. The van der Waals surface area contributed by atoms with Crippen LogP contribution in [0.25, 0.3) is 0 Å². The van der Waals surface area contributed by atoms with E-state index in [1.54, 1.807) is 17.2 Å². The SMILES string of the molecule is CC(=O)NC(CS)C(=O)N(Cc1ccco1)C1CC1. The van der Waals surface area contributed by atoms with E-state index in [4.69, 9.17) is 4.42 Å². The molecule has 1 saturated carbocycles. The first kappa shape index (κ1) is 14.0. The van der Waals surface area contributed by atoms with E-state index in [0.717, 1.165) is 18.6 Å². The van der Waals surface area contributed by atoms with Crippen molar-refractivity contribution in [3.05, 3.63) is 24.2 Å². The second-order valence-corrected chi connectivity index (χ2v) is 5.08. The number of hydrogen-bond acceptors (Lipinski definition) is 4. The molecule has 0 aliphatic heterocycles. The van der Waals surface area contributed by atoms with Crippen LogP contribution in [0, 0.1) is 0 Å². The van der Waals surface area contributed by atoms with Gasteiger partial charge < -0.3 is 14.6 Å². The zero-order valence-corrected chi connectivity index (χ0v) is 11.7. The molecule has 0 bridgehead atoms. The van der Waals surface area contributed by atoms with E-state index in [-0.39, 0.29) is 17.9 Å². The van der Waals surface area contributed by atoms with Crippen molar-refractivity contribution >= 4 is 24.4 Å². The Labute approximate surface area is 117 Å². The maximum Gasteiger partial charge on any atom is 0.246 e. The molecule has 0 saturated heterocycles. The number of hydrogen-bond donors (Lipinski definition) is 2. The van der Waals surface area contributed by atoms with E-state index >= 15 is 0 Å². The Hall–Kier alpha value is -1.43. The minimum absolute atomic E-state index is 0.0934. The number of furan rings is 1. The van der Waals surface area contributed by atoms with Crippen LogP contribution in [0.3, 0.4) is 0 Å². The van der Waals surface area contributed by atoms with Gasteiger partial charge in [0.05, 0.1) is 12.8 Å². The number of nitrogens with one attached hydrogen (secondary N) is 1. The summed E-state index contributed by atoms with van der Waals surface area (Å²) in [6.45, 7) is 1.85. The van der Waals surface area contributed by atoms with Crippen molar-refractivity contribution in [3.63, 3.8) is 0 Å². The Morgan fingerprint density at radius 1 is 1.58 bits per heavy atom. The molecule has 1 aromatic heterocycles. The van der Waals surface area contributed by atoms with Gasteiger partial charge in [0.15, 0.2) is 0 Å². The number of rotatable bonds is 6. The fourth-order valence-corrected chi connectivity index (χ4v) is 2.22. The zero-order valence-electron chi connectivity index (χ0n) is 10.8. The smallest absolute Gasteiger partial charge is 0.246 e. The van der Waals surface area contributed by atoms with Crippen LogP contribution in [0.15, 0.2) is 22.8 Å². The van der Waals surface area contributed by atoms with Crippen LogP contribution in [-0.2, 0) is 16.1 Å². The monoisotopic (exact) mass is 282 g/mol. The summed E-state index contributed by atoms with van der Waals surface area (Å²) >= 11 is 4.14. The first-order chi connectivity index (χ1) is 9.11. The first-order valence-corrected chi connectivity index (χ1v) is 6.96. The lowest BCUT2D eigenvalue weighted by Crippen LogP contribution is -2.49. The maximum atomic E-state index is 12.4. The van der Waals surface area contributed by atoms with E-state index < -0.39 is 6.04 Å². The summed E-state index contributed by atoms with van der Waals surface area (Å²) in [6.07, 6.45) is 3.60. The third-order valence-corrected chi connectivity index (χ3v) is 3.40.